The molecule has 2 heterocycles. The van der Waals surface area contributed by atoms with Crippen molar-refractivity contribution in [3.63, 3.8) is 0 Å². The number of ether oxygens (including phenoxy) is 1. The van der Waals surface area contributed by atoms with Crippen LogP contribution >= 0.6 is 0 Å². The Bertz CT molecular complexity index is 576. The van der Waals surface area contributed by atoms with Crippen LogP contribution in [0.15, 0.2) is 24.5 Å². The van der Waals surface area contributed by atoms with E-state index in [2.05, 4.69) is 0 Å². The number of aliphatic hydroxyl groups excluding tert-OH is 2. The van der Waals surface area contributed by atoms with Gasteiger partial charge in [-0.2, -0.15) is 4.57 Å². The zero-order valence-corrected chi connectivity index (χ0v) is 12.5. The molecular formula is C13H15BrN2O5. The van der Waals surface area contributed by atoms with Gasteiger partial charge in [-0.25, -0.2) is 0 Å². The maximum Gasteiger partial charge on any atom is 0.293 e. The van der Waals surface area contributed by atoms with Gasteiger partial charge in [0.25, 0.3) is 12.1 Å². The molecule has 0 bridgehead atoms. The number of terminal acetylenes is 1. The summed E-state index contributed by atoms with van der Waals surface area (Å²) >= 11 is 0. The number of nitrogens with two attached hydrogens (primary N) is 1. The zero-order valence-electron chi connectivity index (χ0n) is 10.9. The lowest BCUT2D eigenvalue weighted by Gasteiger charge is -2.22. The number of hydrogen-bond acceptors (Lipinski definition) is 5. The van der Waals surface area contributed by atoms with E-state index in [1.165, 1.54) is 29.1 Å². The number of amides is 1. The Morgan fingerprint density at radius 1 is 1.62 bits per heavy atom. The highest BCUT2D eigenvalue weighted by molar-refractivity contribution is 5.92. The van der Waals surface area contributed by atoms with E-state index in [1.807, 2.05) is 5.92 Å². The largest absolute Gasteiger partial charge is 1.00 e. The van der Waals surface area contributed by atoms with Gasteiger partial charge in [-0.3, -0.25) is 4.79 Å². The van der Waals surface area contributed by atoms with Crippen LogP contribution in [0, 0.1) is 12.3 Å². The summed E-state index contributed by atoms with van der Waals surface area (Å²) in [6.07, 6.45) is 4.48. The van der Waals surface area contributed by atoms with E-state index >= 15 is 0 Å². The van der Waals surface area contributed by atoms with Gasteiger partial charge in [-0.05, 0) is 6.07 Å². The molecule has 4 atom stereocenters. The van der Waals surface area contributed by atoms with Crippen molar-refractivity contribution >= 4 is 5.91 Å². The molecule has 1 aromatic rings. The summed E-state index contributed by atoms with van der Waals surface area (Å²) in [5.74, 6) is 1.40. The maximum absolute atomic E-state index is 11.1. The Morgan fingerprint density at radius 2 is 2.29 bits per heavy atom. The number of rotatable bonds is 3. The Balaban J connectivity index is 0.00000220. The van der Waals surface area contributed by atoms with Crippen molar-refractivity contribution in [1.29, 1.82) is 0 Å². The van der Waals surface area contributed by atoms with E-state index < -0.39 is 36.6 Å². The second-order valence-electron chi connectivity index (χ2n) is 4.52. The lowest BCUT2D eigenvalue weighted by atomic mass is 9.93. The molecule has 0 unspecified atom stereocenters. The molecule has 1 fully saturated rings. The first kappa shape index (κ1) is 17.6. The first-order valence-corrected chi connectivity index (χ1v) is 5.89. The number of primary amides is 1. The number of carbonyl (C=O) groups excluding carboxylic acids is 1. The molecule has 1 aliphatic heterocycles. The first-order valence-electron chi connectivity index (χ1n) is 5.89. The Morgan fingerprint density at radius 3 is 2.76 bits per heavy atom. The van der Waals surface area contributed by atoms with Crippen molar-refractivity contribution in [2.75, 3.05) is 6.61 Å². The van der Waals surface area contributed by atoms with Crippen LogP contribution in [0.3, 0.4) is 0 Å². The third-order valence-corrected chi connectivity index (χ3v) is 3.31. The fraction of sp³-hybridized carbons (Fsp3) is 0.385. The maximum atomic E-state index is 11.1. The standard InChI is InChI=1S/C13H14N2O5.BrH/c1-2-13(19)9(7-16)20-12(10(13)17)15-5-3-4-8(6-15)11(14)18;/h1,3-6,9-10,12,16-17,19H,7H2,(H-,14,18);1H/t9-,10+,12-,13-;/m1./s1. The predicted octanol–water partition coefficient (Wildman–Crippen LogP) is -5.31. The predicted molar refractivity (Wildman–Crippen MR) is 65.9 cm³/mol. The van der Waals surface area contributed by atoms with Gasteiger partial charge in [0.15, 0.2) is 24.1 Å². The molecule has 1 aliphatic rings. The lowest BCUT2D eigenvalue weighted by molar-refractivity contribution is -0.766. The first-order chi connectivity index (χ1) is 9.43. The van der Waals surface area contributed by atoms with Crippen LogP contribution in [-0.4, -0.2) is 45.6 Å². The molecule has 5 N–H and O–H groups in total. The van der Waals surface area contributed by atoms with Crippen LogP contribution in [-0.2, 0) is 4.74 Å². The SMILES string of the molecule is C#C[C@@]1(O)[C@@H](CO)O[C@@H]([n+]2cccc(C(N)=O)c2)[C@@H]1O.[Br-]. The minimum absolute atomic E-state index is 0. The van der Waals surface area contributed by atoms with Crippen molar-refractivity contribution in [1.82, 2.24) is 0 Å². The average Bonchev–Trinajstić information content (AvgIpc) is 2.72. The van der Waals surface area contributed by atoms with Gasteiger partial charge >= 0.3 is 0 Å². The second-order valence-corrected chi connectivity index (χ2v) is 4.52. The molecular weight excluding hydrogens is 344 g/mol. The zero-order chi connectivity index (χ0) is 14.9. The highest BCUT2D eigenvalue weighted by Crippen LogP contribution is 2.33. The van der Waals surface area contributed by atoms with Crippen molar-refractivity contribution in [2.45, 2.75) is 24.0 Å². The van der Waals surface area contributed by atoms with E-state index in [-0.39, 0.29) is 22.5 Å². The van der Waals surface area contributed by atoms with Crippen LogP contribution in [0.5, 0.6) is 0 Å². The third kappa shape index (κ3) is 2.92. The van der Waals surface area contributed by atoms with Gasteiger partial charge < -0.3 is 42.8 Å². The van der Waals surface area contributed by atoms with Crippen LogP contribution in [0.1, 0.15) is 16.6 Å². The summed E-state index contributed by atoms with van der Waals surface area (Å²) in [4.78, 5) is 11.1. The molecule has 8 heteroatoms. The van der Waals surface area contributed by atoms with E-state index in [0.717, 1.165) is 0 Å². The average molecular weight is 359 g/mol. The molecule has 2 rings (SSSR count). The number of aromatic nitrogens is 1. The number of aliphatic hydroxyl groups is 3. The van der Waals surface area contributed by atoms with Crippen molar-refractivity contribution < 1.29 is 46.4 Å². The number of nitrogens with zero attached hydrogens (tertiary/aromatic N) is 1. The monoisotopic (exact) mass is 358 g/mol. The molecule has 0 aromatic carbocycles. The topological polar surface area (TPSA) is 117 Å². The number of halogens is 1. The molecule has 7 nitrogen and oxygen atoms in total. The molecule has 0 spiro atoms. The Hall–Kier alpha value is -1.50. The van der Waals surface area contributed by atoms with Gasteiger partial charge in [0, 0.05) is 6.07 Å². The Labute approximate surface area is 131 Å². The quantitative estimate of drug-likeness (QED) is 0.318. The Kier molecular flexibility index (Phi) is 5.44. The minimum Gasteiger partial charge on any atom is -1.00 e. The van der Waals surface area contributed by atoms with Crippen LogP contribution in [0.25, 0.3) is 0 Å². The van der Waals surface area contributed by atoms with Gasteiger partial charge in [0.05, 0.1) is 6.61 Å². The van der Waals surface area contributed by atoms with E-state index in [1.54, 1.807) is 0 Å². The van der Waals surface area contributed by atoms with Crippen molar-refractivity contribution in [3.05, 3.63) is 30.1 Å². The van der Waals surface area contributed by atoms with Crippen LogP contribution in [0.4, 0.5) is 0 Å². The molecule has 0 aliphatic carbocycles. The summed E-state index contributed by atoms with van der Waals surface area (Å²) in [5.41, 5.74) is 3.38. The fourth-order valence-corrected chi connectivity index (χ4v) is 2.14. The van der Waals surface area contributed by atoms with Gasteiger partial charge in [-0.15, -0.1) is 6.42 Å². The number of hydrogen-bond donors (Lipinski definition) is 4. The van der Waals surface area contributed by atoms with E-state index in [0.29, 0.717) is 0 Å². The smallest absolute Gasteiger partial charge is 0.293 e. The van der Waals surface area contributed by atoms with Crippen molar-refractivity contribution in [3.8, 4) is 12.3 Å². The minimum atomic E-state index is -2.00. The molecule has 21 heavy (non-hydrogen) atoms. The molecule has 114 valence electrons. The van der Waals surface area contributed by atoms with Gasteiger partial charge in [-0.1, -0.05) is 5.92 Å². The van der Waals surface area contributed by atoms with Crippen LogP contribution < -0.4 is 27.3 Å². The normalized spacial score (nSPS) is 31.2. The molecule has 0 radical (unpaired) electrons. The van der Waals surface area contributed by atoms with Crippen molar-refractivity contribution in [2.24, 2.45) is 5.73 Å². The fourth-order valence-electron chi connectivity index (χ4n) is 2.14. The molecule has 1 amide bonds. The third-order valence-electron chi connectivity index (χ3n) is 3.31. The van der Waals surface area contributed by atoms with E-state index in [4.69, 9.17) is 16.9 Å². The summed E-state index contributed by atoms with van der Waals surface area (Å²) < 4.78 is 6.73. The number of carbonyl (C=O) groups is 1. The van der Waals surface area contributed by atoms with Gasteiger partial charge in [0.2, 0.25) is 0 Å². The highest BCUT2D eigenvalue weighted by atomic mass is 79.9. The summed E-state index contributed by atoms with van der Waals surface area (Å²) in [5, 5.41) is 29.5. The lowest BCUT2D eigenvalue weighted by Crippen LogP contribution is -3.00. The molecule has 0 saturated carbocycles. The molecule has 1 saturated heterocycles. The second kappa shape index (κ2) is 6.51. The van der Waals surface area contributed by atoms with Crippen LogP contribution in [0.2, 0.25) is 0 Å². The highest BCUT2D eigenvalue weighted by Gasteiger charge is 2.58. The summed E-state index contributed by atoms with van der Waals surface area (Å²) in [6, 6.07) is 3.04. The molecule has 1 aromatic heterocycles. The number of pyridine rings is 1. The van der Waals surface area contributed by atoms with Gasteiger partial charge in [0.1, 0.15) is 11.7 Å². The summed E-state index contributed by atoms with van der Waals surface area (Å²) in [6.45, 7) is -0.551. The summed E-state index contributed by atoms with van der Waals surface area (Å²) in [7, 11) is 0. The van der Waals surface area contributed by atoms with E-state index in [9.17, 15) is 20.1 Å².